The van der Waals surface area contributed by atoms with Gasteiger partial charge in [0.05, 0.1) is 11.3 Å². The van der Waals surface area contributed by atoms with Gasteiger partial charge in [0.15, 0.2) is 12.4 Å². The smallest absolute Gasteiger partial charge is 0.262 e. The van der Waals surface area contributed by atoms with Crippen molar-refractivity contribution < 1.29 is 9.53 Å². The molecule has 1 N–H and O–H groups in total. The molecule has 0 saturated carbocycles. The third kappa shape index (κ3) is 1.40. The van der Waals surface area contributed by atoms with Gasteiger partial charge in [-0.2, -0.15) is 5.26 Å². The maximum Gasteiger partial charge on any atom is 0.262 e. The van der Waals surface area contributed by atoms with Gasteiger partial charge in [0.2, 0.25) is 0 Å². The summed E-state index contributed by atoms with van der Waals surface area (Å²) >= 11 is 4.11. The Balaban J connectivity index is 2.58. The van der Waals surface area contributed by atoms with E-state index in [0.717, 1.165) is 0 Å². The fraction of sp³-hybridized carbons (Fsp3) is 0.111. The highest BCUT2D eigenvalue weighted by Gasteiger charge is 2.19. The van der Waals surface area contributed by atoms with E-state index in [1.165, 1.54) is 0 Å². The van der Waals surface area contributed by atoms with Crippen molar-refractivity contribution in [3.63, 3.8) is 0 Å². The van der Waals surface area contributed by atoms with Crippen molar-refractivity contribution in [1.29, 1.82) is 5.26 Å². The first-order valence-corrected chi connectivity index (χ1v) is 4.35. The maximum absolute atomic E-state index is 11.0. The molecular formula is C9H6N2O2S. The molecule has 1 heterocycles. The summed E-state index contributed by atoms with van der Waals surface area (Å²) in [6.45, 7) is -0.0480. The number of anilines is 1. The number of thiol groups is 1. The molecule has 1 aliphatic heterocycles. The van der Waals surface area contributed by atoms with Gasteiger partial charge in [-0.3, -0.25) is 4.79 Å². The van der Waals surface area contributed by atoms with Crippen LogP contribution in [0, 0.1) is 11.3 Å². The van der Waals surface area contributed by atoms with Gasteiger partial charge >= 0.3 is 0 Å². The lowest BCUT2D eigenvalue weighted by atomic mass is 10.1. The number of benzene rings is 1. The van der Waals surface area contributed by atoms with Crippen LogP contribution in [0.2, 0.25) is 0 Å². The zero-order valence-electron chi connectivity index (χ0n) is 7.07. The van der Waals surface area contributed by atoms with Crippen molar-refractivity contribution in [2.45, 2.75) is 4.90 Å². The summed E-state index contributed by atoms with van der Waals surface area (Å²) in [7, 11) is 0. The predicted molar refractivity (Wildman–Crippen MR) is 52.5 cm³/mol. The molecule has 70 valence electrons. The fourth-order valence-electron chi connectivity index (χ4n) is 1.27. The van der Waals surface area contributed by atoms with Crippen molar-refractivity contribution in [2.24, 2.45) is 0 Å². The lowest BCUT2D eigenvalue weighted by molar-refractivity contribution is -0.118. The van der Waals surface area contributed by atoms with Gasteiger partial charge < -0.3 is 10.1 Å². The Hall–Kier alpha value is -1.67. The van der Waals surface area contributed by atoms with E-state index in [-0.39, 0.29) is 12.5 Å². The number of carbonyl (C=O) groups excluding carboxylic acids is 1. The molecule has 0 aliphatic carbocycles. The Labute approximate surface area is 85.9 Å². The number of hydrogen-bond acceptors (Lipinski definition) is 4. The third-order valence-electron chi connectivity index (χ3n) is 1.82. The molecule has 1 aromatic rings. The van der Waals surface area contributed by atoms with Crippen molar-refractivity contribution in [3.05, 3.63) is 17.7 Å². The van der Waals surface area contributed by atoms with Crippen molar-refractivity contribution in [3.8, 4) is 11.8 Å². The molecule has 1 amide bonds. The second-order valence-corrected chi connectivity index (χ2v) is 3.34. The summed E-state index contributed by atoms with van der Waals surface area (Å²) in [5.41, 5.74) is 0.887. The zero-order chi connectivity index (χ0) is 10.1. The van der Waals surface area contributed by atoms with Crippen LogP contribution in [-0.4, -0.2) is 12.5 Å². The molecule has 0 aromatic heterocycles. The quantitative estimate of drug-likeness (QED) is 0.626. The molecular weight excluding hydrogens is 200 g/mol. The predicted octanol–water partition coefficient (Wildman–Crippen LogP) is 1.18. The second-order valence-electron chi connectivity index (χ2n) is 2.82. The number of rotatable bonds is 0. The van der Waals surface area contributed by atoms with E-state index in [1.807, 2.05) is 6.07 Å². The van der Waals surface area contributed by atoms with Gasteiger partial charge in [0.1, 0.15) is 6.07 Å². The second kappa shape index (κ2) is 3.24. The van der Waals surface area contributed by atoms with Crippen LogP contribution in [0.1, 0.15) is 5.56 Å². The molecule has 0 saturated heterocycles. The molecule has 14 heavy (non-hydrogen) atoms. The standard InChI is InChI=1S/C9H6N2O2S/c10-3-5-1-6(14)2-7-9(5)13-4-8(12)11-7/h1-2,14H,4H2,(H,11,12). The summed E-state index contributed by atoms with van der Waals surface area (Å²) < 4.78 is 5.14. The number of carbonyl (C=O) groups is 1. The van der Waals surface area contributed by atoms with E-state index in [9.17, 15) is 4.79 Å². The molecule has 1 aliphatic rings. The van der Waals surface area contributed by atoms with Crippen LogP contribution in [0.4, 0.5) is 5.69 Å². The summed E-state index contributed by atoms with van der Waals surface area (Å²) in [5.74, 6) is 0.199. The van der Waals surface area contributed by atoms with Gasteiger partial charge in [-0.05, 0) is 12.1 Å². The van der Waals surface area contributed by atoms with E-state index < -0.39 is 0 Å². The molecule has 0 spiro atoms. The molecule has 0 bridgehead atoms. The van der Waals surface area contributed by atoms with Crippen LogP contribution in [0.5, 0.6) is 5.75 Å². The molecule has 2 rings (SSSR count). The topological polar surface area (TPSA) is 62.1 Å². The minimum atomic E-state index is -0.222. The van der Waals surface area contributed by atoms with E-state index in [1.54, 1.807) is 12.1 Å². The molecule has 1 aromatic carbocycles. The molecule has 0 unspecified atom stereocenters. The average molecular weight is 206 g/mol. The Morgan fingerprint density at radius 3 is 3.07 bits per heavy atom. The molecule has 0 radical (unpaired) electrons. The minimum absolute atomic E-state index is 0.0480. The van der Waals surface area contributed by atoms with Gasteiger partial charge in [-0.25, -0.2) is 0 Å². The Kier molecular flexibility index (Phi) is 2.06. The van der Waals surface area contributed by atoms with Gasteiger partial charge in [0, 0.05) is 4.90 Å². The van der Waals surface area contributed by atoms with Crippen LogP contribution >= 0.6 is 12.6 Å². The Bertz CT molecular complexity index is 451. The number of amides is 1. The summed E-state index contributed by atoms with van der Waals surface area (Å²) in [4.78, 5) is 11.6. The third-order valence-corrected chi connectivity index (χ3v) is 2.07. The van der Waals surface area contributed by atoms with Gasteiger partial charge in [-0.1, -0.05) is 0 Å². The lowest BCUT2D eigenvalue weighted by Gasteiger charge is -2.18. The normalized spacial score (nSPS) is 13.6. The number of nitrogens with one attached hydrogen (secondary N) is 1. The van der Waals surface area contributed by atoms with E-state index in [4.69, 9.17) is 10.00 Å². The van der Waals surface area contributed by atoms with Gasteiger partial charge in [-0.15, -0.1) is 12.6 Å². The molecule has 0 atom stereocenters. The van der Waals surface area contributed by atoms with Gasteiger partial charge in [0.25, 0.3) is 5.91 Å². The highest BCUT2D eigenvalue weighted by atomic mass is 32.1. The summed E-state index contributed by atoms with van der Waals surface area (Å²) in [6.07, 6.45) is 0. The van der Waals surface area contributed by atoms with E-state index >= 15 is 0 Å². The SMILES string of the molecule is N#Cc1cc(S)cc2c1OCC(=O)N2. The lowest BCUT2D eigenvalue weighted by Crippen LogP contribution is -2.25. The maximum atomic E-state index is 11.0. The number of ether oxygens (including phenoxy) is 1. The number of nitrogens with zero attached hydrogens (tertiary/aromatic N) is 1. The average Bonchev–Trinajstić information content (AvgIpc) is 2.15. The first kappa shape index (κ1) is 8.91. The minimum Gasteiger partial charge on any atom is -0.480 e. The number of nitriles is 1. The van der Waals surface area contributed by atoms with Crippen LogP contribution in [-0.2, 0) is 4.79 Å². The molecule has 0 fully saturated rings. The van der Waals surface area contributed by atoms with Crippen molar-refractivity contribution in [1.82, 2.24) is 0 Å². The Morgan fingerprint density at radius 1 is 1.57 bits per heavy atom. The fourth-order valence-corrected chi connectivity index (χ4v) is 1.53. The monoisotopic (exact) mass is 206 g/mol. The molecule has 4 nitrogen and oxygen atoms in total. The van der Waals surface area contributed by atoms with Crippen LogP contribution < -0.4 is 10.1 Å². The van der Waals surface area contributed by atoms with E-state index in [2.05, 4.69) is 17.9 Å². The Morgan fingerprint density at radius 2 is 2.36 bits per heavy atom. The first-order valence-electron chi connectivity index (χ1n) is 3.90. The van der Waals surface area contributed by atoms with Crippen LogP contribution in [0.3, 0.4) is 0 Å². The zero-order valence-corrected chi connectivity index (χ0v) is 7.97. The number of fused-ring (bicyclic) bond motifs is 1. The highest BCUT2D eigenvalue weighted by Crippen LogP contribution is 2.33. The largest absolute Gasteiger partial charge is 0.480 e. The highest BCUT2D eigenvalue weighted by molar-refractivity contribution is 7.80. The summed E-state index contributed by atoms with van der Waals surface area (Å²) in [6, 6.07) is 5.23. The van der Waals surface area contributed by atoms with Crippen LogP contribution in [0.15, 0.2) is 17.0 Å². The first-order chi connectivity index (χ1) is 6.70. The van der Waals surface area contributed by atoms with Crippen LogP contribution in [0.25, 0.3) is 0 Å². The van der Waals surface area contributed by atoms with E-state index in [0.29, 0.717) is 21.9 Å². The van der Waals surface area contributed by atoms with Crippen molar-refractivity contribution >= 4 is 24.2 Å². The summed E-state index contributed by atoms with van der Waals surface area (Å²) in [5, 5.41) is 11.4. The van der Waals surface area contributed by atoms with Crippen molar-refractivity contribution in [2.75, 3.05) is 11.9 Å². The number of hydrogen-bond donors (Lipinski definition) is 2. The molecule has 5 heteroatoms.